The van der Waals surface area contributed by atoms with E-state index in [2.05, 4.69) is 4.98 Å². The van der Waals surface area contributed by atoms with Crippen molar-refractivity contribution in [2.24, 2.45) is 0 Å². The first-order valence-corrected chi connectivity index (χ1v) is 5.73. The molecule has 0 aliphatic carbocycles. The number of aromatic nitrogens is 1. The van der Waals surface area contributed by atoms with Crippen LogP contribution in [0.1, 0.15) is 24.1 Å². The van der Waals surface area contributed by atoms with Crippen molar-refractivity contribution >= 4 is 0 Å². The number of hydrogen-bond acceptors (Lipinski definition) is 4. The Labute approximate surface area is 107 Å². The average molecular weight is 272 g/mol. The highest BCUT2D eigenvalue weighted by Crippen LogP contribution is 2.30. The van der Waals surface area contributed by atoms with Crippen molar-refractivity contribution < 1.29 is 22.6 Å². The van der Waals surface area contributed by atoms with Gasteiger partial charge in [0.05, 0.1) is 6.10 Å². The first-order chi connectivity index (χ1) is 9.00. The predicted octanol–water partition coefficient (Wildman–Crippen LogP) is 2.53. The van der Waals surface area contributed by atoms with Gasteiger partial charge in [-0.3, -0.25) is 0 Å². The zero-order chi connectivity index (χ0) is 13.9. The van der Waals surface area contributed by atoms with Crippen molar-refractivity contribution in [3.8, 4) is 11.9 Å². The van der Waals surface area contributed by atoms with Crippen LogP contribution in [0.4, 0.5) is 13.2 Å². The van der Waals surface area contributed by atoms with Gasteiger partial charge in [0.25, 0.3) is 0 Å². The molecule has 0 radical (unpaired) electrons. The smallest absolute Gasteiger partial charge is 0.433 e. The van der Waals surface area contributed by atoms with Gasteiger partial charge in [-0.15, -0.1) is 0 Å². The number of hydrogen-bond donors (Lipinski definition) is 0. The lowest BCUT2D eigenvalue weighted by atomic mass is 10.2. The van der Waals surface area contributed by atoms with Crippen LogP contribution in [-0.2, 0) is 10.9 Å². The summed E-state index contributed by atoms with van der Waals surface area (Å²) in [5, 5.41) is 8.82. The van der Waals surface area contributed by atoms with Gasteiger partial charge in [0.15, 0.2) is 0 Å². The molecule has 0 bridgehead atoms. The van der Waals surface area contributed by atoms with Crippen LogP contribution in [0.5, 0.6) is 5.88 Å². The summed E-state index contributed by atoms with van der Waals surface area (Å²) >= 11 is 0. The summed E-state index contributed by atoms with van der Waals surface area (Å²) in [5.41, 5.74) is -1.10. The summed E-state index contributed by atoms with van der Waals surface area (Å²) in [6.07, 6.45) is -3.02. The van der Waals surface area contributed by atoms with E-state index in [9.17, 15) is 13.2 Å². The number of nitrogens with zero attached hydrogens (tertiary/aromatic N) is 2. The van der Waals surface area contributed by atoms with Gasteiger partial charge in [-0.25, -0.2) is 4.98 Å². The van der Waals surface area contributed by atoms with E-state index in [4.69, 9.17) is 14.7 Å². The molecular weight excluding hydrogens is 261 g/mol. The number of halogens is 3. The van der Waals surface area contributed by atoms with Crippen LogP contribution in [0.3, 0.4) is 0 Å². The molecule has 1 fully saturated rings. The molecule has 1 atom stereocenters. The Balaban J connectivity index is 2.14. The van der Waals surface area contributed by atoms with Gasteiger partial charge in [0, 0.05) is 6.61 Å². The Kier molecular flexibility index (Phi) is 3.90. The van der Waals surface area contributed by atoms with Crippen molar-refractivity contribution in [3.63, 3.8) is 0 Å². The highest BCUT2D eigenvalue weighted by molar-refractivity contribution is 5.39. The first kappa shape index (κ1) is 13.6. The maximum atomic E-state index is 12.5. The molecule has 102 valence electrons. The van der Waals surface area contributed by atoms with E-state index in [1.165, 1.54) is 0 Å². The van der Waals surface area contributed by atoms with Crippen molar-refractivity contribution in [3.05, 3.63) is 23.4 Å². The summed E-state index contributed by atoms with van der Waals surface area (Å²) in [6, 6.07) is 3.57. The Hall–Kier alpha value is -1.81. The van der Waals surface area contributed by atoms with Crippen LogP contribution >= 0.6 is 0 Å². The Morgan fingerprint density at radius 1 is 1.47 bits per heavy atom. The number of rotatable bonds is 3. The molecule has 1 aliphatic rings. The first-order valence-electron chi connectivity index (χ1n) is 5.73. The maximum Gasteiger partial charge on any atom is 0.433 e. The van der Waals surface area contributed by atoms with Gasteiger partial charge in [-0.2, -0.15) is 18.4 Å². The Morgan fingerprint density at radius 2 is 2.26 bits per heavy atom. The topological polar surface area (TPSA) is 55.1 Å². The van der Waals surface area contributed by atoms with Gasteiger partial charge in [-0.1, -0.05) is 0 Å². The van der Waals surface area contributed by atoms with E-state index < -0.39 is 11.9 Å². The van der Waals surface area contributed by atoms with Crippen LogP contribution in [0, 0.1) is 11.3 Å². The Morgan fingerprint density at radius 3 is 2.84 bits per heavy atom. The molecule has 2 heterocycles. The standard InChI is InChI=1S/C12H11F3N2O2/c13-12(14,15)10-4-3-8(6-16)11(17-10)19-7-9-2-1-5-18-9/h3-4,9H,1-2,5,7H2. The summed E-state index contributed by atoms with van der Waals surface area (Å²) < 4.78 is 48.0. The van der Waals surface area contributed by atoms with Crippen molar-refractivity contribution in [1.29, 1.82) is 5.26 Å². The number of ether oxygens (including phenoxy) is 2. The van der Waals surface area contributed by atoms with Crippen LogP contribution in [-0.4, -0.2) is 24.3 Å². The molecule has 0 aromatic carbocycles. The second-order valence-corrected chi connectivity index (χ2v) is 4.10. The van der Waals surface area contributed by atoms with Crippen LogP contribution in [0.2, 0.25) is 0 Å². The molecule has 0 amide bonds. The molecule has 1 aliphatic heterocycles. The van der Waals surface area contributed by atoms with Crippen LogP contribution < -0.4 is 4.74 Å². The van der Waals surface area contributed by atoms with Crippen molar-refractivity contribution in [1.82, 2.24) is 4.98 Å². The zero-order valence-corrected chi connectivity index (χ0v) is 9.91. The minimum Gasteiger partial charge on any atom is -0.474 e. The second-order valence-electron chi connectivity index (χ2n) is 4.10. The predicted molar refractivity (Wildman–Crippen MR) is 58.4 cm³/mol. The average Bonchev–Trinajstić information content (AvgIpc) is 2.88. The lowest BCUT2D eigenvalue weighted by Crippen LogP contribution is -2.18. The monoisotopic (exact) mass is 272 g/mol. The molecule has 0 saturated carbocycles. The van der Waals surface area contributed by atoms with Gasteiger partial charge in [0.2, 0.25) is 5.88 Å². The summed E-state index contributed by atoms with van der Waals surface area (Å²) in [7, 11) is 0. The maximum absolute atomic E-state index is 12.5. The SMILES string of the molecule is N#Cc1ccc(C(F)(F)F)nc1OCC1CCCO1. The number of nitriles is 1. The number of alkyl halides is 3. The molecule has 1 unspecified atom stereocenters. The highest BCUT2D eigenvalue weighted by Gasteiger charge is 2.33. The largest absolute Gasteiger partial charge is 0.474 e. The molecule has 1 aromatic rings. The quantitative estimate of drug-likeness (QED) is 0.848. The van der Waals surface area contributed by atoms with E-state index in [-0.39, 0.29) is 24.2 Å². The third-order valence-corrected chi connectivity index (χ3v) is 2.70. The highest BCUT2D eigenvalue weighted by atomic mass is 19.4. The summed E-state index contributed by atoms with van der Waals surface area (Å²) in [6.45, 7) is 0.720. The second kappa shape index (κ2) is 5.45. The molecule has 4 nitrogen and oxygen atoms in total. The lowest BCUT2D eigenvalue weighted by Gasteiger charge is -2.13. The molecule has 1 aromatic heterocycles. The molecular formula is C12H11F3N2O2. The fourth-order valence-corrected chi connectivity index (χ4v) is 1.74. The molecule has 1 saturated heterocycles. The van der Waals surface area contributed by atoms with Crippen molar-refractivity contribution in [2.75, 3.05) is 13.2 Å². The van der Waals surface area contributed by atoms with Crippen LogP contribution in [0.25, 0.3) is 0 Å². The molecule has 0 spiro atoms. The lowest BCUT2D eigenvalue weighted by molar-refractivity contribution is -0.141. The van der Waals surface area contributed by atoms with E-state index in [1.807, 2.05) is 0 Å². The van der Waals surface area contributed by atoms with Gasteiger partial charge < -0.3 is 9.47 Å². The van der Waals surface area contributed by atoms with Gasteiger partial charge in [0.1, 0.15) is 23.9 Å². The van der Waals surface area contributed by atoms with E-state index in [1.54, 1.807) is 6.07 Å². The number of pyridine rings is 1. The molecule has 0 N–H and O–H groups in total. The van der Waals surface area contributed by atoms with Crippen molar-refractivity contribution in [2.45, 2.75) is 25.1 Å². The minimum atomic E-state index is -4.56. The molecule has 2 rings (SSSR count). The van der Waals surface area contributed by atoms with E-state index >= 15 is 0 Å². The minimum absolute atomic E-state index is 0.0222. The molecule has 19 heavy (non-hydrogen) atoms. The summed E-state index contributed by atoms with van der Waals surface area (Å²) in [5.74, 6) is -0.298. The van der Waals surface area contributed by atoms with Gasteiger partial charge >= 0.3 is 6.18 Å². The van der Waals surface area contributed by atoms with Crippen LogP contribution in [0.15, 0.2) is 12.1 Å². The fraction of sp³-hybridized carbons (Fsp3) is 0.500. The summed E-state index contributed by atoms with van der Waals surface area (Å²) in [4.78, 5) is 3.35. The normalized spacial score (nSPS) is 19.2. The van der Waals surface area contributed by atoms with E-state index in [0.717, 1.165) is 25.0 Å². The Bertz CT molecular complexity index is 491. The third kappa shape index (κ3) is 3.35. The zero-order valence-electron chi connectivity index (χ0n) is 9.91. The third-order valence-electron chi connectivity index (χ3n) is 2.70. The molecule has 7 heteroatoms. The fourth-order valence-electron chi connectivity index (χ4n) is 1.74. The van der Waals surface area contributed by atoms with Gasteiger partial charge in [-0.05, 0) is 25.0 Å². The van der Waals surface area contributed by atoms with E-state index in [0.29, 0.717) is 6.61 Å².